The van der Waals surface area contributed by atoms with Crippen LogP contribution in [0.1, 0.15) is 42.2 Å². The quantitative estimate of drug-likeness (QED) is 0.647. The third kappa shape index (κ3) is 4.12. The summed E-state index contributed by atoms with van der Waals surface area (Å²) in [7, 11) is 1.75. The van der Waals surface area contributed by atoms with Gasteiger partial charge in [-0.15, -0.1) is 0 Å². The van der Waals surface area contributed by atoms with Crippen LogP contribution >= 0.6 is 0 Å². The number of hydrogen-bond acceptors (Lipinski definition) is 4. The van der Waals surface area contributed by atoms with Crippen molar-refractivity contribution >= 4 is 23.2 Å². The molecule has 1 aromatic carbocycles. The van der Waals surface area contributed by atoms with Gasteiger partial charge in [-0.3, -0.25) is 14.3 Å². The van der Waals surface area contributed by atoms with Crippen molar-refractivity contribution in [3.63, 3.8) is 0 Å². The van der Waals surface area contributed by atoms with Crippen molar-refractivity contribution in [2.75, 3.05) is 5.32 Å². The molecule has 3 rings (SSSR count). The van der Waals surface area contributed by atoms with Gasteiger partial charge in [0.2, 0.25) is 5.91 Å². The first-order valence-corrected chi connectivity index (χ1v) is 8.28. The van der Waals surface area contributed by atoms with E-state index in [0.29, 0.717) is 11.4 Å². The van der Waals surface area contributed by atoms with E-state index in [-0.39, 0.29) is 17.7 Å². The lowest BCUT2D eigenvalue weighted by atomic mass is 9.85. The standard InChI is InChI=1S/C18H21N5O2/c1-12(20-21-18(25)16-10-11-23(2)22-16)13-6-8-15(9-7-13)19-17(24)14-4-3-5-14/h6-11,14H,3-5H2,1-2H3,(H,19,24)(H,21,25)/b20-12+. The molecule has 1 heterocycles. The van der Waals surface area contributed by atoms with Gasteiger partial charge in [0.05, 0.1) is 5.71 Å². The van der Waals surface area contributed by atoms with Gasteiger partial charge < -0.3 is 5.32 Å². The van der Waals surface area contributed by atoms with Crippen LogP contribution in [0.4, 0.5) is 5.69 Å². The Morgan fingerprint density at radius 2 is 1.92 bits per heavy atom. The zero-order chi connectivity index (χ0) is 17.8. The highest BCUT2D eigenvalue weighted by Gasteiger charge is 2.25. The van der Waals surface area contributed by atoms with Gasteiger partial charge in [0, 0.05) is 24.8 Å². The summed E-state index contributed by atoms with van der Waals surface area (Å²) in [6.45, 7) is 1.81. The number of hydrazone groups is 1. The maximum Gasteiger partial charge on any atom is 0.291 e. The Balaban J connectivity index is 1.58. The molecule has 1 saturated carbocycles. The fraction of sp³-hybridized carbons (Fsp3) is 0.333. The normalized spacial score (nSPS) is 14.7. The number of aromatic nitrogens is 2. The van der Waals surface area contributed by atoms with Crippen molar-refractivity contribution in [3.8, 4) is 0 Å². The predicted octanol–water partition coefficient (Wildman–Crippen LogP) is 2.31. The number of rotatable bonds is 5. The summed E-state index contributed by atoms with van der Waals surface area (Å²) >= 11 is 0. The van der Waals surface area contributed by atoms with Crippen LogP contribution in [0, 0.1) is 5.92 Å². The van der Waals surface area contributed by atoms with E-state index in [1.54, 1.807) is 30.9 Å². The van der Waals surface area contributed by atoms with E-state index in [4.69, 9.17) is 0 Å². The molecule has 0 radical (unpaired) electrons. The second-order valence-corrected chi connectivity index (χ2v) is 6.21. The third-order valence-corrected chi connectivity index (χ3v) is 4.32. The van der Waals surface area contributed by atoms with Gasteiger partial charge in [-0.2, -0.15) is 10.2 Å². The van der Waals surface area contributed by atoms with Crippen LogP contribution < -0.4 is 10.7 Å². The summed E-state index contributed by atoms with van der Waals surface area (Å²) in [5.74, 6) is -0.110. The van der Waals surface area contributed by atoms with Crippen molar-refractivity contribution in [3.05, 3.63) is 47.8 Å². The Hall–Kier alpha value is -2.96. The number of hydrogen-bond donors (Lipinski definition) is 2. The molecule has 0 aliphatic heterocycles. The van der Waals surface area contributed by atoms with Crippen molar-refractivity contribution in [1.29, 1.82) is 0 Å². The maximum atomic E-state index is 11.9. The Morgan fingerprint density at radius 3 is 2.48 bits per heavy atom. The zero-order valence-corrected chi connectivity index (χ0v) is 14.3. The first kappa shape index (κ1) is 16.9. The Labute approximate surface area is 146 Å². The van der Waals surface area contributed by atoms with E-state index >= 15 is 0 Å². The minimum Gasteiger partial charge on any atom is -0.326 e. The number of anilines is 1. The van der Waals surface area contributed by atoms with E-state index in [1.165, 1.54) is 0 Å². The fourth-order valence-corrected chi connectivity index (χ4v) is 2.50. The van der Waals surface area contributed by atoms with Gasteiger partial charge >= 0.3 is 0 Å². The van der Waals surface area contributed by atoms with E-state index in [0.717, 1.165) is 30.5 Å². The number of nitrogens with one attached hydrogen (secondary N) is 2. The first-order valence-electron chi connectivity index (χ1n) is 8.28. The number of carbonyl (C=O) groups excluding carboxylic acids is 2. The third-order valence-electron chi connectivity index (χ3n) is 4.32. The molecule has 2 amide bonds. The minimum absolute atomic E-state index is 0.0898. The minimum atomic E-state index is -0.357. The van der Waals surface area contributed by atoms with E-state index in [9.17, 15) is 9.59 Å². The predicted molar refractivity (Wildman–Crippen MR) is 95.3 cm³/mol. The number of amides is 2. The monoisotopic (exact) mass is 339 g/mol. The van der Waals surface area contributed by atoms with Gasteiger partial charge in [-0.25, -0.2) is 5.43 Å². The maximum absolute atomic E-state index is 11.9. The van der Waals surface area contributed by atoms with Gasteiger partial charge in [0.15, 0.2) is 5.69 Å². The SMILES string of the molecule is C/C(=N\NC(=O)c1ccn(C)n1)c1ccc(NC(=O)C2CCC2)cc1. The molecule has 2 aromatic rings. The summed E-state index contributed by atoms with van der Waals surface area (Å²) in [5, 5.41) is 11.0. The average molecular weight is 339 g/mol. The molecule has 0 spiro atoms. The van der Waals surface area contributed by atoms with Crippen molar-refractivity contribution in [2.45, 2.75) is 26.2 Å². The van der Waals surface area contributed by atoms with Crippen LogP contribution in [0.5, 0.6) is 0 Å². The van der Waals surface area contributed by atoms with Crippen LogP contribution in [0.2, 0.25) is 0 Å². The molecule has 0 unspecified atom stereocenters. The molecule has 1 fully saturated rings. The number of aryl methyl sites for hydroxylation is 1. The molecule has 1 aliphatic rings. The van der Waals surface area contributed by atoms with E-state index in [2.05, 4.69) is 20.9 Å². The van der Waals surface area contributed by atoms with Crippen LogP contribution in [-0.2, 0) is 11.8 Å². The molecule has 7 heteroatoms. The molecule has 7 nitrogen and oxygen atoms in total. The topological polar surface area (TPSA) is 88.4 Å². The summed E-state index contributed by atoms with van der Waals surface area (Å²) in [6, 6.07) is 9.03. The van der Waals surface area contributed by atoms with Gasteiger partial charge in [0.1, 0.15) is 0 Å². The molecule has 0 saturated heterocycles. The smallest absolute Gasteiger partial charge is 0.291 e. The summed E-state index contributed by atoms with van der Waals surface area (Å²) in [5.41, 5.74) is 5.11. The molecule has 2 N–H and O–H groups in total. The molecule has 1 aliphatic carbocycles. The lowest BCUT2D eigenvalue weighted by molar-refractivity contribution is -0.122. The second-order valence-electron chi connectivity index (χ2n) is 6.21. The molecule has 0 bridgehead atoms. The van der Waals surface area contributed by atoms with Crippen LogP contribution in [0.3, 0.4) is 0 Å². The van der Waals surface area contributed by atoms with Gasteiger partial charge in [-0.1, -0.05) is 18.6 Å². The Kier molecular flexibility index (Phi) is 4.92. The molecular formula is C18H21N5O2. The molecule has 1 aromatic heterocycles. The van der Waals surface area contributed by atoms with Crippen LogP contribution in [-0.4, -0.2) is 27.3 Å². The fourth-order valence-electron chi connectivity index (χ4n) is 2.50. The average Bonchev–Trinajstić information content (AvgIpc) is 2.98. The van der Waals surface area contributed by atoms with Crippen LogP contribution in [0.15, 0.2) is 41.6 Å². The highest BCUT2D eigenvalue weighted by molar-refractivity contribution is 6.01. The lowest BCUT2D eigenvalue weighted by Crippen LogP contribution is -2.28. The Morgan fingerprint density at radius 1 is 1.20 bits per heavy atom. The second kappa shape index (κ2) is 7.29. The first-order chi connectivity index (χ1) is 12.0. The number of benzene rings is 1. The number of carbonyl (C=O) groups is 2. The van der Waals surface area contributed by atoms with E-state index < -0.39 is 0 Å². The Bertz CT molecular complexity index is 803. The number of nitrogens with zero attached hydrogens (tertiary/aromatic N) is 3. The summed E-state index contributed by atoms with van der Waals surface area (Å²) in [4.78, 5) is 23.9. The van der Waals surface area contributed by atoms with Crippen molar-refractivity contribution in [2.24, 2.45) is 18.1 Å². The molecule has 25 heavy (non-hydrogen) atoms. The van der Waals surface area contributed by atoms with Crippen molar-refractivity contribution < 1.29 is 9.59 Å². The highest BCUT2D eigenvalue weighted by atomic mass is 16.2. The molecule has 0 atom stereocenters. The molecule has 130 valence electrons. The van der Waals surface area contributed by atoms with Gasteiger partial charge in [0.25, 0.3) is 5.91 Å². The zero-order valence-electron chi connectivity index (χ0n) is 14.3. The lowest BCUT2D eigenvalue weighted by Gasteiger charge is -2.24. The largest absolute Gasteiger partial charge is 0.326 e. The molecular weight excluding hydrogens is 318 g/mol. The summed E-state index contributed by atoms with van der Waals surface area (Å²) in [6.07, 6.45) is 4.79. The van der Waals surface area contributed by atoms with E-state index in [1.807, 2.05) is 24.3 Å². The van der Waals surface area contributed by atoms with Crippen molar-refractivity contribution in [1.82, 2.24) is 15.2 Å². The highest BCUT2D eigenvalue weighted by Crippen LogP contribution is 2.27. The van der Waals surface area contributed by atoms with Crippen LogP contribution in [0.25, 0.3) is 0 Å². The van der Waals surface area contributed by atoms with Gasteiger partial charge in [-0.05, 0) is 43.5 Å². The summed E-state index contributed by atoms with van der Waals surface area (Å²) < 4.78 is 1.56.